The molecule has 0 aliphatic heterocycles. The highest BCUT2D eigenvalue weighted by Gasteiger charge is 2.00. The quantitative estimate of drug-likeness (QED) is 0.656. The molecule has 0 atom stereocenters. The number of hydrogen-bond acceptors (Lipinski definition) is 4. The van der Waals surface area contributed by atoms with E-state index < -0.39 is 0 Å². The van der Waals surface area contributed by atoms with Gasteiger partial charge in [0.25, 0.3) is 0 Å². The number of rotatable bonds is 3. The molecule has 0 amide bonds. The van der Waals surface area contributed by atoms with Gasteiger partial charge in [0.1, 0.15) is 5.01 Å². The number of benzene rings is 1. The zero-order valence-corrected chi connectivity index (χ0v) is 10.1. The summed E-state index contributed by atoms with van der Waals surface area (Å²) in [6.45, 7) is 2.08. The van der Waals surface area contributed by atoms with E-state index in [9.17, 15) is 0 Å². The second-order valence-corrected chi connectivity index (χ2v) is 5.59. The average Bonchev–Trinajstić information content (AvgIpc) is 2.64. The average molecular weight is 236 g/mol. The van der Waals surface area contributed by atoms with Gasteiger partial charge >= 0.3 is 0 Å². The largest absolute Gasteiger partial charge is 0.399 e. The van der Waals surface area contributed by atoms with Crippen LogP contribution in [0.25, 0.3) is 0 Å². The van der Waals surface area contributed by atoms with Gasteiger partial charge in [-0.15, -0.1) is 23.1 Å². The van der Waals surface area contributed by atoms with Crippen LogP contribution in [0.5, 0.6) is 0 Å². The highest BCUT2D eigenvalue weighted by atomic mass is 32.2. The predicted octanol–water partition coefficient (Wildman–Crippen LogP) is 3.33. The summed E-state index contributed by atoms with van der Waals surface area (Å²) in [6.07, 6.45) is 1.92. The van der Waals surface area contributed by atoms with Gasteiger partial charge < -0.3 is 5.73 Å². The normalized spacial score (nSPS) is 10.5. The van der Waals surface area contributed by atoms with Gasteiger partial charge in [-0.1, -0.05) is 0 Å². The number of thioether (sulfide) groups is 1. The van der Waals surface area contributed by atoms with Crippen LogP contribution in [0, 0.1) is 6.92 Å². The monoisotopic (exact) mass is 236 g/mol. The molecule has 78 valence electrons. The van der Waals surface area contributed by atoms with Crippen LogP contribution in [-0.4, -0.2) is 4.98 Å². The Morgan fingerprint density at radius 3 is 2.67 bits per heavy atom. The Balaban J connectivity index is 1.96. The number of nitrogen functional groups attached to an aromatic ring is 1. The van der Waals surface area contributed by atoms with Crippen molar-refractivity contribution in [2.75, 3.05) is 5.73 Å². The Kier molecular flexibility index (Phi) is 3.28. The number of nitrogens with two attached hydrogens (primary N) is 1. The minimum atomic E-state index is 0.810. The first-order valence-corrected chi connectivity index (χ1v) is 6.44. The Bertz CT molecular complexity index is 434. The van der Waals surface area contributed by atoms with Gasteiger partial charge in [-0.3, -0.25) is 0 Å². The number of anilines is 1. The fraction of sp³-hybridized carbons (Fsp3) is 0.182. The number of aryl methyl sites for hydroxylation is 1. The third kappa shape index (κ3) is 2.97. The Morgan fingerprint density at radius 1 is 1.33 bits per heavy atom. The van der Waals surface area contributed by atoms with Crippen molar-refractivity contribution < 1.29 is 0 Å². The molecule has 1 aromatic carbocycles. The fourth-order valence-corrected chi connectivity index (χ4v) is 2.87. The third-order valence-corrected chi connectivity index (χ3v) is 4.03. The lowest BCUT2D eigenvalue weighted by atomic mass is 10.3. The molecule has 0 saturated carbocycles. The molecule has 4 heteroatoms. The van der Waals surface area contributed by atoms with Crippen LogP contribution in [0.15, 0.2) is 35.4 Å². The summed E-state index contributed by atoms with van der Waals surface area (Å²) in [4.78, 5) is 6.82. The van der Waals surface area contributed by atoms with Crippen LogP contribution in [0.2, 0.25) is 0 Å². The zero-order valence-electron chi connectivity index (χ0n) is 8.43. The number of nitrogens with zero attached hydrogens (tertiary/aromatic N) is 1. The summed E-state index contributed by atoms with van der Waals surface area (Å²) < 4.78 is 0. The van der Waals surface area contributed by atoms with Gasteiger partial charge in [0.2, 0.25) is 0 Å². The van der Waals surface area contributed by atoms with Crippen molar-refractivity contribution >= 4 is 28.8 Å². The molecule has 2 aromatic rings. The van der Waals surface area contributed by atoms with E-state index in [4.69, 9.17) is 5.73 Å². The van der Waals surface area contributed by atoms with E-state index in [1.165, 1.54) is 14.8 Å². The minimum Gasteiger partial charge on any atom is -0.399 e. The number of hydrogen-bond donors (Lipinski definition) is 1. The molecule has 0 aliphatic carbocycles. The highest BCUT2D eigenvalue weighted by Crippen LogP contribution is 2.25. The van der Waals surface area contributed by atoms with Crippen molar-refractivity contribution in [1.82, 2.24) is 4.98 Å². The Labute approximate surface area is 97.5 Å². The lowest BCUT2D eigenvalue weighted by Crippen LogP contribution is -1.83. The molecule has 2 N–H and O–H groups in total. The van der Waals surface area contributed by atoms with Gasteiger partial charge in [0.05, 0.1) is 5.75 Å². The Hall–Kier alpha value is -1.00. The van der Waals surface area contributed by atoms with Crippen LogP contribution in [-0.2, 0) is 5.75 Å². The van der Waals surface area contributed by atoms with Gasteiger partial charge in [-0.05, 0) is 31.2 Å². The van der Waals surface area contributed by atoms with Crippen molar-refractivity contribution in [2.24, 2.45) is 0 Å². The van der Waals surface area contributed by atoms with E-state index in [1.54, 1.807) is 23.1 Å². The molecule has 0 aliphatic rings. The molecule has 0 bridgehead atoms. The molecular formula is C11H12N2S2. The van der Waals surface area contributed by atoms with Crippen molar-refractivity contribution in [1.29, 1.82) is 0 Å². The molecule has 0 unspecified atom stereocenters. The highest BCUT2D eigenvalue weighted by molar-refractivity contribution is 7.98. The zero-order chi connectivity index (χ0) is 10.7. The van der Waals surface area contributed by atoms with E-state index in [1.807, 2.05) is 30.5 Å². The molecule has 0 radical (unpaired) electrons. The van der Waals surface area contributed by atoms with Crippen LogP contribution in [0.4, 0.5) is 5.69 Å². The van der Waals surface area contributed by atoms with E-state index >= 15 is 0 Å². The van der Waals surface area contributed by atoms with Crippen molar-refractivity contribution in [3.8, 4) is 0 Å². The standard InChI is InChI=1S/C11H12N2S2/c1-8-6-13-11(15-8)7-14-10-4-2-9(12)3-5-10/h2-6H,7,12H2,1H3. The summed E-state index contributed by atoms with van der Waals surface area (Å²) in [5, 5.41) is 1.18. The van der Waals surface area contributed by atoms with E-state index in [0.29, 0.717) is 0 Å². The fourth-order valence-electron chi connectivity index (χ4n) is 1.18. The van der Waals surface area contributed by atoms with Crippen LogP contribution in [0.3, 0.4) is 0 Å². The molecule has 0 saturated heterocycles. The van der Waals surface area contributed by atoms with Gasteiger partial charge in [-0.2, -0.15) is 0 Å². The topological polar surface area (TPSA) is 38.9 Å². The van der Waals surface area contributed by atoms with Crippen molar-refractivity contribution in [3.63, 3.8) is 0 Å². The maximum Gasteiger partial charge on any atom is 0.103 e. The molecule has 0 spiro atoms. The maximum atomic E-state index is 5.62. The lowest BCUT2D eigenvalue weighted by Gasteiger charge is -1.99. The second-order valence-electron chi connectivity index (χ2n) is 3.22. The number of thiazole rings is 1. The van der Waals surface area contributed by atoms with Gasteiger partial charge in [0, 0.05) is 21.7 Å². The maximum absolute atomic E-state index is 5.62. The molecular weight excluding hydrogens is 224 g/mol. The summed E-state index contributed by atoms with van der Waals surface area (Å²) in [5.74, 6) is 0.933. The summed E-state index contributed by atoms with van der Waals surface area (Å²) >= 11 is 3.54. The van der Waals surface area contributed by atoms with Crippen molar-refractivity contribution in [2.45, 2.75) is 17.6 Å². The smallest absolute Gasteiger partial charge is 0.103 e. The first-order valence-electron chi connectivity index (χ1n) is 4.64. The molecule has 1 aromatic heterocycles. The van der Waals surface area contributed by atoms with Crippen molar-refractivity contribution in [3.05, 3.63) is 40.3 Å². The molecule has 2 rings (SSSR count). The van der Waals surface area contributed by atoms with Crippen LogP contribution in [0.1, 0.15) is 9.88 Å². The second kappa shape index (κ2) is 4.68. The van der Waals surface area contributed by atoms with E-state index in [2.05, 4.69) is 11.9 Å². The molecule has 1 heterocycles. The van der Waals surface area contributed by atoms with E-state index in [-0.39, 0.29) is 0 Å². The van der Waals surface area contributed by atoms with Gasteiger partial charge in [-0.25, -0.2) is 4.98 Å². The third-order valence-electron chi connectivity index (χ3n) is 1.91. The van der Waals surface area contributed by atoms with Crippen LogP contribution < -0.4 is 5.73 Å². The molecule has 15 heavy (non-hydrogen) atoms. The Morgan fingerprint density at radius 2 is 2.07 bits per heavy atom. The summed E-state index contributed by atoms with van der Waals surface area (Å²) in [5.41, 5.74) is 6.43. The minimum absolute atomic E-state index is 0.810. The first-order chi connectivity index (χ1) is 7.24. The summed E-state index contributed by atoms with van der Waals surface area (Å²) in [6, 6.07) is 7.94. The van der Waals surface area contributed by atoms with E-state index in [0.717, 1.165) is 11.4 Å². The first kappa shape index (κ1) is 10.5. The molecule has 2 nitrogen and oxygen atoms in total. The number of aromatic nitrogens is 1. The SMILES string of the molecule is Cc1cnc(CSc2ccc(N)cc2)s1. The van der Waals surface area contributed by atoms with Crippen LogP contribution >= 0.6 is 23.1 Å². The van der Waals surface area contributed by atoms with Gasteiger partial charge in [0.15, 0.2) is 0 Å². The summed E-state index contributed by atoms with van der Waals surface area (Å²) in [7, 11) is 0. The lowest BCUT2D eigenvalue weighted by molar-refractivity contribution is 1.25. The predicted molar refractivity (Wildman–Crippen MR) is 67.3 cm³/mol. The molecule has 0 fully saturated rings.